The third-order valence-electron chi connectivity index (χ3n) is 7.79. The zero-order chi connectivity index (χ0) is 32.7. The average molecular weight is 643 g/mol. The van der Waals surface area contributed by atoms with Gasteiger partial charge in [0.05, 0.1) is 5.57 Å². The summed E-state index contributed by atoms with van der Waals surface area (Å²) in [5, 5.41) is 11.4. The molecule has 3 amide bonds. The first-order valence-electron chi connectivity index (χ1n) is 14.2. The number of amides is 3. The van der Waals surface area contributed by atoms with Crippen LogP contribution in [0.3, 0.4) is 0 Å². The standard InChI is InChI=1S/C31H24F6N6O3/c32-18-13-22(33)25(23(34)14-18)43-15-21(29(44)40-27(17-7-8-17)31(35,36)37)26(46-19-5-2-1-3-6-19)20-9-10-24(39-28(20)43)42-12-4-11-41(16-38)30(42)45/h1-3,5-6,9-10,13-15,17,26-27H,4,7-8,11-12H2,(H,40,44)/t26?,27-/m0/s1. The molecule has 15 heteroatoms. The van der Waals surface area contributed by atoms with E-state index in [9.17, 15) is 32.4 Å². The molecular formula is C31H24F6N6O3. The number of benzene rings is 2. The number of alkyl halides is 3. The van der Waals surface area contributed by atoms with Crippen LogP contribution in [0.5, 0.6) is 5.75 Å². The molecule has 2 aromatic carbocycles. The van der Waals surface area contributed by atoms with E-state index in [1.165, 1.54) is 29.2 Å². The predicted octanol–water partition coefficient (Wildman–Crippen LogP) is 6.22. The quantitative estimate of drug-likeness (QED) is 0.243. The molecule has 1 aliphatic carbocycles. The lowest BCUT2D eigenvalue weighted by Gasteiger charge is -2.36. The molecule has 9 nitrogen and oxygen atoms in total. The van der Waals surface area contributed by atoms with E-state index in [1.807, 2.05) is 5.32 Å². The van der Waals surface area contributed by atoms with Gasteiger partial charge < -0.3 is 10.1 Å². The number of hydrogen-bond donors (Lipinski definition) is 1. The Morgan fingerprint density at radius 1 is 1.04 bits per heavy atom. The number of carbonyl (C=O) groups excluding carboxylic acids is 2. The number of para-hydroxylation sites is 1. The van der Waals surface area contributed by atoms with Crippen molar-refractivity contribution in [3.8, 4) is 11.9 Å². The molecular weight excluding hydrogens is 618 g/mol. The number of nitriles is 1. The fourth-order valence-corrected chi connectivity index (χ4v) is 5.46. The van der Waals surface area contributed by atoms with Gasteiger partial charge in [-0.05, 0) is 49.4 Å². The summed E-state index contributed by atoms with van der Waals surface area (Å²) >= 11 is 0. The Bertz CT molecular complexity index is 1730. The Balaban J connectivity index is 1.52. The number of nitrogens with one attached hydrogen (secondary N) is 1. The van der Waals surface area contributed by atoms with Gasteiger partial charge in [-0.3, -0.25) is 14.6 Å². The minimum atomic E-state index is -4.77. The molecule has 3 aromatic rings. The molecule has 46 heavy (non-hydrogen) atoms. The minimum absolute atomic E-state index is 0.0000404. The van der Waals surface area contributed by atoms with E-state index in [2.05, 4.69) is 4.98 Å². The van der Waals surface area contributed by atoms with Crippen LogP contribution in [0.2, 0.25) is 0 Å². The Kier molecular flexibility index (Phi) is 7.97. The number of anilines is 3. The van der Waals surface area contributed by atoms with Crippen LogP contribution in [-0.4, -0.2) is 47.1 Å². The molecule has 2 aliphatic heterocycles. The molecule has 6 rings (SSSR count). The summed E-state index contributed by atoms with van der Waals surface area (Å²) < 4.78 is 92.4. The number of aromatic nitrogens is 1. The summed E-state index contributed by atoms with van der Waals surface area (Å²) in [6.45, 7) is 0.318. The highest BCUT2D eigenvalue weighted by Crippen LogP contribution is 2.45. The van der Waals surface area contributed by atoms with E-state index < -0.39 is 64.9 Å². The van der Waals surface area contributed by atoms with Crippen LogP contribution in [0, 0.1) is 34.8 Å². The molecule has 0 radical (unpaired) electrons. The van der Waals surface area contributed by atoms with Crippen LogP contribution in [0.1, 0.15) is 30.9 Å². The highest BCUT2D eigenvalue weighted by molar-refractivity contribution is 5.98. The zero-order valence-electron chi connectivity index (χ0n) is 23.8. The van der Waals surface area contributed by atoms with Gasteiger partial charge in [0.2, 0.25) is 0 Å². The van der Waals surface area contributed by atoms with Crippen LogP contribution in [0.25, 0.3) is 0 Å². The number of nitrogens with zero attached hydrogens (tertiary/aromatic N) is 5. The van der Waals surface area contributed by atoms with Crippen molar-refractivity contribution in [2.75, 3.05) is 22.9 Å². The zero-order valence-corrected chi connectivity index (χ0v) is 23.8. The first-order valence-corrected chi connectivity index (χ1v) is 14.2. The van der Waals surface area contributed by atoms with Gasteiger partial charge in [-0.25, -0.2) is 27.8 Å². The Morgan fingerprint density at radius 2 is 1.74 bits per heavy atom. The summed E-state index contributed by atoms with van der Waals surface area (Å²) in [4.78, 5) is 34.0. The second kappa shape index (κ2) is 11.9. The van der Waals surface area contributed by atoms with Crippen molar-refractivity contribution in [3.05, 3.63) is 89.4 Å². The van der Waals surface area contributed by atoms with Crippen LogP contribution in [-0.2, 0) is 4.79 Å². The highest BCUT2D eigenvalue weighted by atomic mass is 19.4. The van der Waals surface area contributed by atoms with E-state index >= 15 is 8.78 Å². The van der Waals surface area contributed by atoms with Gasteiger partial charge in [0.25, 0.3) is 5.91 Å². The van der Waals surface area contributed by atoms with Gasteiger partial charge in [-0.2, -0.15) is 18.4 Å². The predicted molar refractivity (Wildman–Crippen MR) is 151 cm³/mol. The highest BCUT2D eigenvalue weighted by Gasteiger charge is 2.50. The van der Waals surface area contributed by atoms with Gasteiger partial charge in [0.15, 0.2) is 23.9 Å². The molecule has 3 aliphatic rings. The van der Waals surface area contributed by atoms with E-state index in [4.69, 9.17) is 4.74 Å². The molecule has 1 N–H and O–H groups in total. The largest absolute Gasteiger partial charge is 0.481 e. The Labute approximate surface area is 258 Å². The number of pyridine rings is 1. The monoisotopic (exact) mass is 642 g/mol. The van der Waals surface area contributed by atoms with E-state index in [1.54, 1.807) is 24.4 Å². The number of rotatable bonds is 7. The first kappa shape index (κ1) is 30.8. The topological polar surface area (TPSA) is 102 Å². The lowest BCUT2D eigenvalue weighted by Crippen LogP contribution is -2.49. The van der Waals surface area contributed by atoms with Crippen LogP contribution >= 0.6 is 0 Å². The Morgan fingerprint density at radius 3 is 2.37 bits per heavy atom. The third kappa shape index (κ3) is 5.90. The fraction of sp³-hybridized carbons (Fsp3) is 0.290. The smallest absolute Gasteiger partial charge is 0.408 e. The number of urea groups is 1. The maximum Gasteiger partial charge on any atom is 0.408 e. The van der Waals surface area contributed by atoms with Crippen LogP contribution in [0.15, 0.2) is 66.4 Å². The molecule has 0 bridgehead atoms. The molecule has 238 valence electrons. The van der Waals surface area contributed by atoms with Gasteiger partial charge in [0.1, 0.15) is 34.9 Å². The number of halogens is 6. The molecule has 2 atom stereocenters. The van der Waals surface area contributed by atoms with E-state index in [0.717, 1.165) is 16.0 Å². The Hall–Kier alpha value is -5.26. The molecule has 0 spiro atoms. The maximum atomic E-state index is 15.3. The van der Waals surface area contributed by atoms with Gasteiger partial charge in [-0.1, -0.05) is 18.2 Å². The summed E-state index contributed by atoms with van der Waals surface area (Å²) in [7, 11) is 0. The normalized spacial score (nSPS) is 18.8. The van der Waals surface area contributed by atoms with Crippen molar-refractivity contribution in [2.24, 2.45) is 5.92 Å². The van der Waals surface area contributed by atoms with E-state index in [-0.39, 0.29) is 48.9 Å². The molecule has 1 unspecified atom stereocenters. The maximum absolute atomic E-state index is 15.3. The van der Waals surface area contributed by atoms with Gasteiger partial charge >= 0.3 is 12.2 Å². The van der Waals surface area contributed by atoms with Crippen molar-refractivity contribution in [1.82, 2.24) is 15.2 Å². The van der Waals surface area contributed by atoms with Crippen LogP contribution in [0.4, 0.5) is 48.5 Å². The fourth-order valence-electron chi connectivity index (χ4n) is 5.46. The minimum Gasteiger partial charge on any atom is -0.481 e. The van der Waals surface area contributed by atoms with Crippen molar-refractivity contribution >= 4 is 29.3 Å². The summed E-state index contributed by atoms with van der Waals surface area (Å²) in [5.74, 6) is -6.16. The second-order valence-electron chi connectivity index (χ2n) is 10.9. The first-order chi connectivity index (χ1) is 22.0. The summed E-state index contributed by atoms with van der Waals surface area (Å²) in [6.07, 6.45) is -2.65. The van der Waals surface area contributed by atoms with Gasteiger partial charge in [0, 0.05) is 37.0 Å². The van der Waals surface area contributed by atoms with Crippen molar-refractivity contribution < 1.29 is 40.7 Å². The summed E-state index contributed by atoms with van der Waals surface area (Å²) in [6, 6.07) is 8.63. The number of carbonyl (C=O) groups is 2. The molecule has 2 fully saturated rings. The second-order valence-corrected chi connectivity index (χ2v) is 10.9. The molecule has 1 saturated carbocycles. The molecule has 1 saturated heterocycles. The van der Waals surface area contributed by atoms with Crippen molar-refractivity contribution in [1.29, 1.82) is 5.26 Å². The van der Waals surface area contributed by atoms with Crippen LogP contribution < -0.4 is 19.9 Å². The van der Waals surface area contributed by atoms with Crippen molar-refractivity contribution in [3.63, 3.8) is 0 Å². The average Bonchev–Trinajstić information content (AvgIpc) is 3.85. The lowest BCUT2D eigenvalue weighted by molar-refractivity contribution is -0.165. The molecule has 1 aromatic heterocycles. The third-order valence-corrected chi connectivity index (χ3v) is 7.79. The number of fused-ring (bicyclic) bond motifs is 1. The number of ether oxygens (including phenoxy) is 1. The van der Waals surface area contributed by atoms with Crippen molar-refractivity contribution in [2.45, 2.75) is 37.6 Å². The lowest BCUT2D eigenvalue weighted by atomic mass is 9.96. The number of hydrogen-bond acceptors (Lipinski definition) is 6. The van der Waals surface area contributed by atoms with E-state index in [0.29, 0.717) is 18.6 Å². The SMILES string of the molecule is N#CN1CCCN(c2ccc3c(n2)N(c2c(F)cc(F)cc2F)C=C(C(=O)N[C@@H](C2CC2)C(F)(F)F)C3Oc2ccccc2)C1=O. The van der Waals surface area contributed by atoms with Gasteiger partial charge in [-0.15, -0.1) is 0 Å². The summed E-state index contributed by atoms with van der Waals surface area (Å²) in [5.41, 5.74) is -1.33. The molecule has 3 heterocycles.